The largest absolute Gasteiger partial charge is 0.312 e. The number of hydrogen-bond donors (Lipinski definition) is 0. The van der Waals surface area contributed by atoms with Gasteiger partial charge in [0.25, 0.3) is 0 Å². The molecule has 1 nitrogen and oxygen atoms in total. The zero-order chi connectivity index (χ0) is 10.5. The second-order valence-corrected chi connectivity index (χ2v) is 3.51. The van der Waals surface area contributed by atoms with E-state index >= 15 is 0 Å². The van der Waals surface area contributed by atoms with E-state index < -0.39 is 0 Å². The fourth-order valence-corrected chi connectivity index (χ4v) is 0.680. The second kappa shape index (κ2) is 13.8. The summed E-state index contributed by atoms with van der Waals surface area (Å²) in [7, 11) is 6.00. The van der Waals surface area contributed by atoms with Crippen molar-refractivity contribution in [1.82, 2.24) is 4.90 Å². The van der Waals surface area contributed by atoms with Crippen molar-refractivity contribution in [2.45, 2.75) is 13.3 Å². The van der Waals surface area contributed by atoms with Crippen molar-refractivity contribution < 1.29 is 0 Å². The zero-order valence-electron chi connectivity index (χ0n) is 8.95. The molecule has 1 aromatic heterocycles. The van der Waals surface area contributed by atoms with Gasteiger partial charge in [-0.2, -0.15) is 11.3 Å². The van der Waals surface area contributed by atoms with Crippen LogP contribution in [0.5, 0.6) is 0 Å². The van der Waals surface area contributed by atoms with Crippen LogP contribution in [0.1, 0.15) is 13.3 Å². The summed E-state index contributed by atoms with van der Waals surface area (Å²) >= 11 is 1.71. The average molecular weight is 197 g/mol. The molecule has 0 aromatic carbocycles. The maximum atomic E-state index is 4.78. The minimum atomic E-state index is 0.847. The maximum Gasteiger partial charge on any atom is 0.00576 e. The summed E-state index contributed by atoms with van der Waals surface area (Å²) in [4.78, 5) is 2.00. The Morgan fingerprint density at radius 3 is 1.62 bits per heavy atom. The fourth-order valence-electron chi connectivity index (χ4n) is 0.227. The topological polar surface area (TPSA) is 3.24 Å². The fraction of sp³-hybridized carbons (Fsp3) is 0.455. The number of hydrogen-bond acceptors (Lipinski definition) is 2. The minimum absolute atomic E-state index is 0.847. The minimum Gasteiger partial charge on any atom is -0.312 e. The van der Waals surface area contributed by atoms with Crippen molar-refractivity contribution >= 4 is 11.3 Å². The molecule has 0 unspecified atom stereocenters. The van der Waals surface area contributed by atoms with Crippen LogP contribution in [-0.4, -0.2) is 26.0 Å². The Labute approximate surface area is 86.4 Å². The van der Waals surface area contributed by atoms with Crippen LogP contribution in [0, 0.1) is 12.3 Å². The highest BCUT2D eigenvalue weighted by Gasteiger charge is 1.58. The lowest BCUT2D eigenvalue weighted by atomic mass is 10.5. The van der Waals surface area contributed by atoms with Gasteiger partial charge in [0.05, 0.1) is 0 Å². The van der Waals surface area contributed by atoms with E-state index in [1.165, 1.54) is 0 Å². The van der Waals surface area contributed by atoms with Gasteiger partial charge in [-0.1, -0.05) is 19.1 Å². The quantitative estimate of drug-likeness (QED) is 0.578. The van der Waals surface area contributed by atoms with Crippen LogP contribution in [0.4, 0.5) is 0 Å². The standard InChI is InChI=1S/C4H4S.C4H6.C3H9N/c1-2-4-5-3-1;1-3-4-2;1-4(2)3/h1-4H;1H,4H2,2H3;1-3H3. The summed E-state index contributed by atoms with van der Waals surface area (Å²) in [5.41, 5.74) is 0. The molecule has 0 aliphatic heterocycles. The molecule has 0 saturated heterocycles. The first-order valence-electron chi connectivity index (χ1n) is 4.16. The molecule has 0 bridgehead atoms. The lowest BCUT2D eigenvalue weighted by molar-refractivity contribution is 0.505. The summed E-state index contributed by atoms with van der Waals surface area (Å²) < 4.78 is 0. The molecule has 0 saturated carbocycles. The van der Waals surface area contributed by atoms with Gasteiger partial charge in [-0.05, 0) is 31.9 Å². The molecule has 0 aliphatic carbocycles. The Morgan fingerprint density at radius 1 is 1.23 bits per heavy atom. The Hall–Kier alpha value is -0.780. The van der Waals surface area contributed by atoms with Crippen molar-refractivity contribution in [3.63, 3.8) is 0 Å². The Kier molecular flexibility index (Phi) is 15.6. The predicted molar refractivity (Wildman–Crippen MR) is 63.1 cm³/mol. The summed E-state index contributed by atoms with van der Waals surface area (Å²) in [6.45, 7) is 1.94. The zero-order valence-corrected chi connectivity index (χ0v) is 9.77. The highest BCUT2D eigenvalue weighted by molar-refractivity contribution is 7.07. The lowest BCUT2D eigenvalue weighted by Gasteiger charge is -1.90. The van der Waals surface area contributed by atoms with Gasteiger partial charge in [-0.3, -0.25) is 0 Å². The third kappa shape index (κ3) is 35.0. The highest BCUT2D eigenvalue weighted by atomic mass is 32.1. The first kappa shape index (κ1) is 14.7. The van der Waals surface area contributed by atoms with Gasteiger partial charge in [-0.25, -0.2) is 0 Å². The molecule has 0 N–H and O–H groups in total. The van der Waals surface area contributed by atoms with E-state index in [0.29, 0.717) is 0 Å². The van der Waals surface area contributed by atoms with E-state index in [9.17, 15) is 0 Å². The van der Waals surface area contributed by atoms with Crippen LogP contribution in [0.3, 0.4) is 0 Å². The van der Waals surface area contributed by atoms with Crippen molar-refractivity contribution in [1.29, 1.82) is 0 Å². The Bertz CT molecular complexity index is 164. The molecular weight excluding hydrogens is 178 g/mol. The molecule has 1 rings (SSSR count). The molecule has 1 aromatic rings. The van der Waals surface area contributed by atoms with Crippen LogP contribution >= 0.6 is 11.3 Å². The molecule has 74 valence electrons. The van der Waals surface area contributed by atoms with Crippen LogP contribution in [0.25, 0.3) is 0 Å². The third-order valence-electron chi connectivity index (χ3n) is 0.630. The molecule has 0 fully saturated rings. The van der Waals surface area contributed by atoms with Crippen LogP contribution < -0.4 is 0 Å². The molecule has 2 heteroatoms. The first-order valence-corrected chi connectivity index (χ1v) is 5.11. The summed E-state index contributed by atoms with van der Waals surface area (Å²) in [5, 5.41) is 4.08. The SMILES string of the molecule is C#CCC.CN(C)C.c1ccsc1. The number of nitrogens with zero attached hydrogens (tertiary/aromatic N) is 1. The molecule has 0 atom stereocenters. The van der Waals surface area contributed by atoms with E-state index in [4.69, 9.17) is 6.42 Å². The maximum absolute atomic E-state index is 4.78. The van der Waals surface area contributed by atoms with Crippen LogP contribution in [-0.2, 0) is 0 Å². The monoisotopic (exact) mass is 197 g/mol. The summed E-state index contributed by atoms with van der Waals surface area (Å²) in [6.07, 6.45) is 5.62. The van der Waals surface area contributed by atoms with E-state index in [1.807, 2.05) is 55.9 Å². The highest BCUT2D eigenvalue weighted by Crippen LogP contribution is 1.91. The number of terminal acetylenes is 1. The van der Waals surface area contributed by atoms with Gasteiger partial charge in [0.15, 0.2) is 0 Å². The van der Waals surface area contributed by atoms with E-state index in [0.717, 1.165) is 6.42 Å². The molecule has 0 aliphatic rings. The first-order chi connectivity index (χ1) is 6.15. The van der Waals surface area contributed by atoms with Crippen molar-refractivity contribution in [2.24, 2.45) is 0 Å². The third-order valence-corrected chi connectivity index (χ3v) is 1.26. The number of rotatable bonds is 0. The summed E-state index contributed by atoms with van der Waals surface area (Å²) in [5.74, 6) is 2.43. The van der Waals surface area contributed by atoms with Gasteiger partial charge in [0, 0.05) is 6.42 Å². The molecule has 0 radical (unpaired) electrons. The van der Waals surface area contributed by atoms with Gasteiger partial charge in [0.1, 0.15) is 0 Å². The van der Waals surface area contributed by atoms with Gasteiger partial charge in [-0.15, -0.1) is 12.3 Å². The van der Waals surface area contributed by atoms with Crippen LogP contribution in [0.2, 0.25) is 0 Å². The van der Waals surface area contributed by atoms with Gasteiger partial charge >= 0.3 is 0 Å². The molecule has 0 amide bonds. The van der Waals surface area contributed by atoms with Crippen molar-refractivity contribution in [3.05, 3.63) is 22.9 Å². The molecular formula is C11H19NS. The van der Waals surface area contributed by atoms with Crippen molar-refractivity contribution in [3.8, 4) is 12.3 Å². The van der Waals surface area contributed by atoms with Crippen LogP contribution in [0.15, 0.2) is 22.9 Å². The Morgan fingerprint density at radius 2 is 1.54 bits per heavy atom. The number of thiophene rings is 1. The normalized spacial score (nSPS) is 7.38. The molecule has 0 spiro atoms. The molecule has 1 heterocycles. The second-order valence-electron chi connectivity index (χ2n) is 2.69. The van der Waals surface area contributed by atoms with Crippen molar-refractivity contribution in [2.75, 3.05) is 21.1 Å². The van der Waals surface area contributed by atoms with Gasteiger partial charge in [0.2, 0.25) is 0 Å². The van der Waals surface area contributed by atoms with Gasteiger partial charge < -0.3 is 4.90 Å². The smallest absolute Gasteiger partial charge is 0.00576 e. The lowest BCUT2D eigenvalue weighted by Crippen LogP contribution is -1.99. The average Bonchev–Trinajstić information content (AvgIpc) is 2.59. The summed E-state index contributed by atoms with van der Waals surface area (Å²) in [6, 6.07) is 4.04. The Balaban J connectivity index is 0. The molecule has 13 heavy (non-hydrogen) atoms. The van der Waals surface area contributed by atoms with E-state index in [1.54, 1.807) is 11.3 Å². The predicted octanol–water partition coefficient (Wildman–Crippen LogP) is 2.96. The van der Waals surface area contributed by atoms with E-state index in [-0.39, 0.29) is 0 Å². The van der Waals surface area contributed by atoms with E-state index in [2.05, 4.69) is 5.92 Å².